The number of rotatable bonds is 1. The van der Waals surface area contributed by atoms with Gasteiger partial charge < -0.3 is 4.42 Å². The molecule has 0 atom stereocenters. The summed E-state index contributed by atoms with van der Waals surface area (Å²) in [7, 11) is 0. The van der Waals surface area contributed by atoms with Crippen LogP contribution in [0.2, 0.25) is 0 Å². The maximum absolute atomic E-state index is 5.01. The second kappa shape index (κ2) is 2.49. The molecule has 1 radical (unpaired) electrons. The van der Waals surface area contributed by atoms with Gasteiger partial charge in [-0.1, -0.05) is 0 Å². The van der Waals surface area contributed by atoms with Crippen LogP contribution < -0.4 is 0 Å². The van der Waals surface area contributed by atoms with E-state index in [4.69, 9.17) is 4.42 Å². The topological polar surface area (TPSA) is 51.8 Å². The first-order chi connectivity index (χ1) is 5.47. The van der Waals surface area contributed by atoms with Crippen LogP contribution in [0.5, 0.6) is 0 Å². The number of aromatic nitrogens is 3. The standard InChI is InChI=1S/C7H4N3O/c1-2-11-7(10-1)6-3-8-5-9-4-6/h1-4H. The first kappa shape index (κ1) is 6.03. The molecule has 4 nitrogen and oxygen atoms in total. The van der Waals surface area contributed by atoms with Crippen molar-refractivity contribution in [1.82, 2.24) is 15.0 Å². The van der Waals surface area contributed by atoms with Gasteiger partial charge in [-0.05, 0) is 0 Å². The highest BCUT2D eigenvalue weighted by atomic mass is 16.3. The molecule has 2 heterocycles. The molecular formula is C7H4N3O. The lowest BCUT2D eigenvalue weighted by Gasteiger charge is -1.89. The van der Waals surface area contributed by atoms with Gasteiger partial charge in [0.05, 0.1) is 11.8 Å². The van der Waals surface area contributed by atoms with Crippen LogP contribution in [-0.4, -0.2) is 15.0 Å². The molecule has 4 heteroatoms. The summed E-state index contributed by atoms with van der Waals surface area (Å²) in [5.74, 6) is 0.527. The Hall–Kier alpha value is -1.71. The third-order valence-corrected chi connectivity index (χ3v) is 1.20. The van der Waals surface area contributed by atoms with Crippen LogP contribution in [0.25, 0.3) is 11.5 Å². The summed E-state index contributed by atoms with van der Waals surface area (Å²) < 4.78 is 5.01. The van der Waals surface area contributed by atoms with Crippen molar-refractivity contribution >= 4 is 0 Å². The van der Waals surface area contributed by atoms with E-state index in [2.05, 4.69) is 21.3 Å². The molecule has 0 aromatic carbocycles. The molecule has 2 aromatic heterocycles. The molecule has 0 bridgehead atoms. The van der Waals surface area contributed by atoms with Gasteiger partial charge in [-0.2, -0.15) is 0 Å². The van der Waals surface area contributed by atoms with Crippen LogP contribution in [0.4, 0.5) is 0 Å². The smallest absolute Gasteiger partial charge is 0.228 e. The van der Waals surface area contributed by atoms with Gasteiger partial charge in [0.15, 0.2) is 6.33 Å². The van der Waals surface area contributed by atoms with Gasteiger partial charge in [0.25, 0.3) is 0 Å². The number of hydrogen-bond donors (Lipinski definition) is 0. The fourth-order valence-corrected chi connectivity index (χ4v) is 0.740. The largest absolute Gasteiger partial charge is 0.444 e. The van der Waals surface area contributed by atoms with Crippen LogP contribution >= 0.6 is 0 Å². The highest BCUT2D eigenvalue weighted by Gasteiger charge is 2.00. The van der Waals surface area contributed by atoms with Gasteiger partial charge in [-0.15, -0.1) is 0 Å². The van der Waals surface area contributed by atoms with Crippen LogP contribution in [0, 0.1) is 6.33 Å². The van der Waals surface area contributed by atoms with Crippen LogP contribution in [0.15, 0.2) is 29.3 Å². The van der Waals surface area contributed by atoms with E-state index in [-0.39, 0.29) is 0 Å². The van der Waals surface area contributed by atoms with E-state index in [0.29, 0.717) is 5.89 Å². The Bertz CT molecular complexity index is 317. The van der Waals surface area contributed by atoms with Crippen molar-refractivity contribution in [3.8, 4) is 11.5 Å². The summed E-state index contributed by atoms with van der Waals surface area (Å²) in [6.45, 7) is 0. The second-order valence-electron chi connectivity index (χ2n) is 1.91. The van der Waals surface area contributed by atoms with E-state index >= 15 is 0 Å². The fraction of sp³-hybridized carbons (Fsp3) is 0. The van der Waals surface area contributed by atoms with Gasteiger partial charge in [-0.3, -0.25) is 0 Å². The lowest BCUT2D eigenvalue weighted by Crippen LogP contribution is -1.81. The highest BCUT2D eigenvalue weighted by molar-refractivity contribution is 5.48. The Kier molecular flexibility index (Phi) is 1.37. The minimum absolute atomic E-state index is 0.527. The Morgan fingerprint density at radius 2 is 2.09 bits per heavy atom. The Balaban J connectivity index is 2.46. The Morgan fingerprint density at radius 1 is 1.27 bits per heavy atom. The Morgan fingerprint density at radius 3 is 2.73 bits per heavy atom. The molecule has 0 saturated carbocycles. The van der Waals surface area contributed by atoms with Crippen LogP contribution in [-0.2, 0) is 0 Å². The zero-order valence-electron chi connectivity index (χ0n) is 5.56. The maximum atomic E-state index is 5.01. The summed E-state index contributed by atoms with van der Waals surface area (Å²) in [5, 5.41) is 0. The number of oxazole rings is 1. The lowest BCUT2D eigenvalue weighted by molar-refractivity contribution is 0.574. The summed E-state index contributed by atoms with van der Waals surface area (Å²) in [5.41, 5.74) is 0.758. The molecule has 2 aromatic rings. The predicted molar refractivity (Wildman–Crippen MR) is 36.4 cm³/mol. The third-order valence-electron chi connectivity index (χ3n) is 1.20. The van der Waals surface area contributed by atoms with Gasteiger partial charge in [0, 0.05) is 12.4 Å². The minimum Gasteiger partial charge on any atom is -0.444 e. The molecule has 0 amide bonds. The molecule has 53 valence electrons. The molecule has 0 aliphatic heterocycles. The lowest BCUT2D eigenvalue weighted by atomic mass is 10.3. The van der Waals surface area contributed by atoms with Gasteiger partial charge >= 0.3 is 0 Å². The number of hydrogen-bond acceptors (Lipinski definition) is 4. The third kappa shape index (κ3) is 1.10. The molecule has 2 rings (SSSR count). The average molecular weight is 146 g/mol. The van der Waals surface area contributed by atoms with Crippen LogP contribution in [0.1, 0.15) is 0 Å². The summed E-state index contributed by atoms with van der Waals surface area (Å²) >= 11 is 0. The quantitative estimate of drug-likeness (QED) is 0.600. The highest BCUT2D eigenvalue weighted by Crippen LogP contribution is 2.12. The predicted octanol–water partition coefficient (Wildman–Crippen LogP) is 0.932. The van der Waals surface area contributed by atoms with Gasteiger partial charge in [-0.25, -0.2) is 15.0 Å². The summed E-state index contributed by atoms with van der Waals surface area (Å²) in [6, 6.07) is 0. The molecule has 0 N–H and O–H groups in total. The monoisotopic (exact) mass is 146 g/mol. The molecule has 0 aliphatic rings. The molecule has 0 aliphatic carbocycles. The van der Waals surface area contributed by atoms with Crippen molar-refractivity contribution in [2.24, 2.45) is 0 Å². The van der Waals surface area contributed by atoms with E-state index in [9.17, 15) is 0 Å². The van der Waals surface area contributed by atoms with Gasteiger partial charge in [0.1, 0.15) is 6.26 Å². The normalized spacial score (nSPS) is 9.82. The van der Waals surface area contributed by atoms with Crippen molar-refractivity contribution in [1.29, 1.82) is 0 Å². The zero-order valence-corrected chi connectivity index (χ0v) is 5.56. The van der Waals surface area contributed by atoms with Gasteiger partial charge in [0.2, 0.25) is 5.89 Å². The van der Waals surface area contributed by atoms with Crippen molar-refractivity contribution < 1.29 is 4.42 Å². The summed E-state index contributed by atoms with van der Waals surface area (Å²) in [6.07, 6.45) is 8.70. The average Bonchev–Trinajstić information content (AvgIpc) is 2.58. The molecule has 0 unspecified atom stereocenters. The molecule has 11 heavy (non-hydrogen) atoms. The van der Waals surface area contributed by atoms with Crippen molar-refractivity contribution in [3.05, 3.63) is 31.2 Å². The maximum Gasteiger partial charge on any atom is 0.228 e. The van der Waals surface area contributed by atoms with E-state index in [1.165, 1.54) is 6.26 Å². The van der Waals surface area contributed by atoms with E-state index in [1.54, 1.807) is 18.6 Å². The molecule has 0 saturated heterocycles. The van der Waals surface area contributed by atoms with E-state index < -0.39 is 0 Å². The first-order valence-corrected chi connectivity index (χ1v) is 3.05. The van der Waals surface area contributed by atoms with Crippen molar-refractivity contribution in [2.75, 3.05) is 0 Å². The SMILES string of the molecule is [c]1ncc(-c2ncco2)cn1. The second-order valence-corrected chi connectivity index (χ2v) is 1.91. The minimum atomic E-state index is 0.527. The van der Waals surface area contributed by atoms with Crippen LogP contribution in [0.3, 0.4) is 0 Å². The zero-order chi connectivity index (χ0) is 7.52. The fourth-order valence-electron chi connectivity index (χ4n) is 0.740. The number of nitrogens with zero attached hydrogens (tertiary/aromatic N) is 3. The molecule has 0 spiro atoms. The molecule has 0 fully saturated rings. The van der Waals surface area contributed by atoms with Crippen molar-refractivity contribution in [3.63, 3.8) is 0 Å². The Labute approximate surface area is 62.9 Å². The van der Waals surface area contributed by atoms with Crippen molar-refractivity contribution in [2.45, 2.75) is 0 Å². The van der Waals surface area contributed by atoms with E-state index in [0.717, 1.165) is 5.56 Å². The summed E-state index contributed by atoms with van der Waals surface area (Å²) in [4.78, 5) is 11.3. The first-order valence-electron chi connectivity index (χ1n) is 3.05. The van der Waals surface area contributed by atoms with E-state index in [1.807, 2.05) is 0 Å². The molecular weight excluding hydrogens is 142 g/mol.